The zero-order chi connectivity index (χ0) is 14.9. The van der Waals surface area contributed by atoms with Crippen molar-refractivity contribution < 1.29 is 8.42 Å². The fourth-order valence-corrected chi connectivity index (χ4v) is 3.99. The van der Waals surface area contributed by atoms with Crippen molar-refractivity contribution >= 4 is 36.7 Å². The van der Waals surface area contributed by atoms with Crippen LogP contribution in [0.1, 0.15) is 5.69 Å². The van der Waals surface area contributed by atoms with Crippen molar-refractivity contribution in [3.05, 3.63) is 48.3 Å². The molecule has 0 aliphatic heterocycles. The van der Waals surface area contributed by atoms with Gasteiger partial charge in [-0.15, -0.1) is 0 Å². The van der Waals surface area contributed by atoms with E-state index in [4.69, 9.17) is 5.26 Å². The van der Waals surface area contributed by atoms with Gasteiger partial charge in [-0.2, -0.15) is 5.26 Å². The van der Waals surface area contributed by atoms with Gasteiger partial charge in [0.2, 0.25) is 0 Å². The summed E-state index contributed by atoms with van der Waals surface area (Å²) in [6.45, 7) is 0. The van der Waals surface area contributed by atoms with Gasteiger partial charge in [0.15, 0.2) is 10.8 Å². The highest BCUT2D eigenvalue weighted by atomic mass is 32.2. The van der Waals surface area contributed by atoms with Gasteiger partial charge in [-0.25, -0.2) is 18.4 Å². The number of pyridine rings is 1. The number of nitrogens with zero attached hydrogens (tertiary/aromatic N) is 3. The molecule has 0 radical (unpaired) electrons. The third kappa shape index (κ3) is 2.56. The van der Waals surface area contributed by atoms with Crippen LogP contribution in [0.3, 0.4) is 0 Å². The summed E-state index contributed by atoms with van der Waals surface area (Å²) in [5.41, 5.74) is 0.568. The molecule has 0 unspecified atom stereocenters. The van der Waals surface area contributed by atoms with E-state index in [0.717, 1.165) is 4.70 Å². The number of rotatable bonds is 3. The average Bonchev–Trinajstić information content (AvgIpc) is 2.88. The van der Waals surface area contributed by atoms with E-state index in [9.17, 15) is 8.42 Å². The molecule has 0 aliphatic carbocycles. The fraction of sp³-hybridized carbons (Fsp3) is 0. The van der Waals surface area contributed by atoms with Crippen molar-refractivity contribution in [1.82, 2.24) is 9.97 Å². The highest BCUT2D eigenvalue weighted by Gasteiger charge is 2.20. The van der Waals surface area contributed by atoms with E-state index in [2.05, 4.69) is 14.7 Å². The van der Waals surface area contributed by atoms with Crippen LogP contribution >= 0.6 is 11.3 Å². The van der Waals surface area contributed by atoms with E-state index >= 15 is 0 Å². The van der Waals surface area contributed by atoms with E-state index < -0.39 is 10.0 Å². The summed E-state index contributed by atoms with van der Waals surface area (Å²) >= 11 is 1.23. The van der Waals surface area contributed by atoms with E-state index in [1.54, 1.807) is 12.1 Å². The summed E-state index contributed by atoms with van der Waals surface area (Å²) in [7, 11) is -3.89. The first-order valence-corrected chi connectivity index (χ1v) is 8.13. The molecular weight excluding hydrogens is 308 g/mol. The van der Waals surface area contributed by atoms with E-state index in [0.29, 0.717) is 5.52 Å². The Labute approximate surface area is 124 Å². The predicted octanol–water partition coefficient (Wildman–Crippen LogP) is 2.36. The molecule has 8 heteroatoms. The van der Waals surface area contributed by atoms with Gasteiger partial charge < -0.3 is 0 Å². The molecule has 21 heavy (non-hydrogen) atoms. The molecule has 0 amide bonds. The first-order chi connectivity index (χ1) is 10.1. The van der Waals surface area contributed by atoms with Crippen LogP contribution in [0.15, 0.2) is 47.5 Å². The molecule has 2 aromatic heterocycles. The molecule has 0 atom stereocenters. The molecule has 0 bridgehead atoms. The summed E-state index contributed by atoms with van der Waals surface area (Å²) in [4.78, 5) is 7.79. The number of hydrogen-bond donors (Lipinski definition) is 1. The van der Waals surface area contributed by atoms with Crippen molar-refractivity contribution in [2.24, 2.45) is 0 Å². The van der Waals surface area contributed by atoms with Gasteiger partial charge in [-0.1, -0.05) is 23.5 Å². The quantitative estimate of drug-likeness (QED) is 0.800. The lowest BCUT2D eigenvalue weighted by atomic mass is 10.3. The number of nitriles is 1. The average molecular weight is 316 g/mol. The van der Waals surface area contributed by atoms with Gasteiger partial charge in [0, 0.05) is 6.20 Å². The minimum absolute atomic E-state index is 0.147. The number of para-hydroxylation sites is 1. The van der Waals surface area contributed by atoms with Crippen molar-refractivity contribution in [3.8, 4) is 6.07 Å². The van der Waals surface area contributed by atoms with Crippen molar-refractivity contribution in [2.75, 3.05) is 4.72 Å². The van der Waals surface area contributed by atoms with E-state index in [1.807, 2.05) is 18.2 Å². The van der Waals surface area contributed by atoms with Crippen LogP contribution in [0, 0.1) is 11.3 Å². The Kier molecular flexibility index (Phi) is 3.29. The van der Waals surface area contributed by atoms with Crippen LogP contribution in [-0.4, -0.2) is 18.4 Å². The Bertz CT molecular complexity index is 924. The van der Waals surface area contributed by atoms with Gasteiger partial charge in [-0.3, -0.25) is 4.72 Å². The minimum Gasteiger partial charge on any atom is -0.255 e. The molecular formula is C13H8N4O2S2. The molecule has 3 aromatic rings. The molecule has 0 saturated carbocycles. The largest absolute Gasteiger partial charge is 0.266 e. The number of hydrogen-bond acceptors (Lipinski definition) is 6. The predicted molar refractivity (Wildman–Crippen MR) is 79.4 cm³/mol. The second kappa shape index (κ2) is 5.12. The first kappa shape index (κ1) is 13.5. The molecule has 0 saturated heterocycles. The van der Waals surface area contributed by atoms with E-state index in [-0.39, 0.29) is 15.7 Å². The molecule has 0 fully saturated rings. The number of nitrogens with one attached hydrogen (secondary N) is 1. The number of thiazole rings is 1. The zero-order valence-electron chi connectivity index (χ0n) is 10.5. The Morgan fingerprint density at radius 3 is 2.76 bits per heavy atom. The zero-order valence-corrected chi connectivity index (χ0v) is 12.1. The van der Waals surface area contributed by atoms with Crippen molar-refractivity contribution in [2.45, 2.75) is 4.90 Å². The second-order valence-corrected chi connectivity index (χ2v) is 6.74. The third-order valence-electron chi connectivity index (χ3n) is 2.68. The Morgan fingerprint density at radius 1 is 1.19 bits per heavy atom. The third-order valence-corrected chi connectivity index (χ3v) is 5.13. The Hall–Kier alpha value is -2.50. The van der Waals surface area contributed by atoms with Crippen LogP contribution in [0.25, 0.3) is 10.2 Å². The van der Waals surface area contributed by atoms with Crippen LogP contribution in [-0.2, 0) is 10.0 Å². The summed E-state index contributed by atoms with van der Waals surface area (Å²) in [6, 6.07) is 11.9. The highest BCUT2D eigenvalue weighted by molar-refractivity contribution is 7.93. The van der Waals surface area contributed by atoms with Crippen molar-refractivity contribution in [1.29, 1.82) is 5.26 Å². The summed E-state index contributed by atoms with van der Waals surface area (Å²) in [5.74, 6) is 0. The lowest BCUT2D eigenvalue weighted by Gasteiger charge is -2.05. The van der Waals surface area contributed by atoms with Gasteiger partial charge >= 0.3 is 0 Å². The summed E-state index contributed by atoms with van der Waals surface area (Å²) < 4.78 is 27.9. The van der Waals surface area contributed by atoms with Gasteiger partial charge in [0.05, 0.1) is 10.2 Å². The smallest absolute Gasteiger partial charge is 0.255 e. The van der Waals surface area contributed by atoms with E-state index in [1.165, 1.54) is 29.7 Å². The number of aromatic nitrogens is 2. The molecule has 0 aliphatic rings. The molecule has 1 N–H and O–H groups in total. The van der Waals surface area contributed by atoms with Gasteiger partial charge in [0.1, 0.15) is 11.0 Å². The summed E-state index contributed by atoms with van der Waals surface area (Å²) in [6.07, 6.45) is 1.37. The lowest BCUT2D eigenvalue weighted by Crippen LogP contribution is -2.14. The Balaban J connectivity index is 2.01. The number of anilines is 1. The topological polar surface area (TPSA) is 95.7 Å². The normalized spacial score (nSPS) is 11.2. The maximum absolute atomic E-state index is 12.3. The van der Waals surface area contributed by atoms with Crippen molar-refractivity contribution in [3.63, 3.8) is 0 Å². The molecule has 0 spiro atoms. The number of sulfonamides is 1. The maximum atomic E-state index is 12.3. The molecule has 104 valence electrons. The monoisotopic (exact) mass is 316 g/mol. The number of fused-ring (bicyclic) bond motifs is 1. The SMILES string of the molecule is N#Cc1ncccc1S(=O)(=O)Nc1nc2ccccc2s1. The van der Waals surface area contributed by atoms with Crippen LogP contribution in [0.5, 0.6) is 0 Å². The fourth-order valence-electron chi connectivity index (χ4n) is 1.78. The Morgan fingerprint density at radius 2 is 2.00 bits per heavy atom. The first-order valence-electron chi connectivity index (χ1n) is 5.84. The molecule has 6 nitrogen and oxygen atoms in total. The van der Waals surface area contributed by atoms with Crippen LogP contribution < -0.4 is 4.72 Å². The van der Waals surface area contributed by atoms with Crippen LogP contribution in [0.4, 0.5) is 5.13 Å². The minimum atomic E-state index is -3.89. The van der Waals surface area contributed by atoms with Gasteiger partial charge in [-0.05, 0) is 24.3 Å². The number of benzene rings is 1. The highest BCUT2D eigenvalue weighted by Crippen LogP contribution is 2.27. The maximum Gasteiger partial charge on any atom is 0.266 e. The molecule has 1 aromatic carbocycles. The lowest BCUT2D eigenvalue weighted by molar-refractivity contribution is 0.600. The van der Waals surface area contributed by atoms with Crippen LogP contribution in [0.2, 0.25) is 0 Å². The molecule has 2 heterocycles. The standard InChI is InChI=1S/C13H8N4O2S2/c14-8-10-12(6-3-7-15-10)21(18,19)17-13-16-9-4-1-2-5-11(9)20-13/h1-7H,(H,16,17). The molecule has 3 rings (SSSR count). The van der Waals surface area contributed by atoms with Gasteiger partial charge in [0.25, 0.3) is 10.0 Å². The second-order valence-electron chi connectivity index (χ2n) is 4.05. The summed E-state index contributed by atoms with van der Waals surface area (Å²) in [5, 5.41) is 9.20.